The van der Waals surface area contributed by atoms with Crippen molar-refractivity contribution in [2.45, 2.75) is 39.7 Å². The molecule has 1 N–H and O–H groups in total. The smallest absolute Gasteiger partial charge is 0.305 e. The van der Waals surface area contributed by atoms with Crippen molar-refractivity contribution in [2.75, 3.05) is 13.2 Å². The van der Waals surface area contributed by atoms with Gasteiger partial charge in [0.2, 0.25) is 5.91 Å². The Morgan fingerprint density at radius 3 is 2.78 bits per heavy atom. The van der Waals surface area contributed by atoms with Crippen molar-refractivity contribution in [1.29, 1.82) is 0 Å². The molecule has 1 amide bonds. The van der Waals surface area contributed by atoms with E-state index in [1.54, 1.807) is 6.92 Å². The molecule has 0 aliphatic heterocycles. The minimum absolute atomic E-state index is 0.0771. The van der Waals surface area contributed by atoms with Crippen LogP contribution in [-0.4, -0.2) is 34.6 Å². The molecule has 0 spiro atoms. The minimum atomic E-state index is -0.226. The van der Waals surface area contributed by atoms with Gasteiger partial charge in [-0.05, 0) is 25.5 Å². The number of imidazole rings is 1. The van der Waals surface area contributed by atoms with Crippen molar-refractivity contribution in [1.82, 2.24) is 14.9 Å². The number of hydrogen-bond acceptors (Lipinski definition) is 4. The van der Waals surface area contributed by atoms with E-state index in [0.717, 1.165) is 23.3 Å². The van der Waals surface area contributed by atoms with Crippen molar-refractivity contribution in [3.63, 3.8) is 0 Å². The zero-order chi connectivity index (χ0) is 16.7. The third-order valence-electron chi connectivity index (χ3n) is 3.54. The molecule has 0 saturated carbocycles. The maximum Gasteiger partial charge on any atom is 0.305 e. The van der Waals surface area contributed by atoms with Crippen LogP contribution in [0.15, 0.2) is 24.3 Å². The third-order valence-corrected chi connectivity index (χ3v) is 3.54. The van der Waals surface area contributed by atoms with Gasteiger partial charge in [-0.1, -0.05) is 19.1 Å². The number of carbonyl (C=O) groups excluding carboxylic acids is 2. The van der Waals surface area contributed by atoms with Crippen LogP contribution in [0.2, 0.25) is 0 Å². The summed E-state index contributed by atoms with van der Waals surface area (Å²) in [5, 5.41) is 2.84. The monoisotopic (exact) mass is 317 g/mol. The van der Waals surface area contributed by atoms with E-state index in [1.165, 1.54) is 0 Å². The van der Waals surface area contributed by atoms with E-state index < -0.39 is 0 Å². The maximum absolute atomic E-state index is 12.1. The summed E-state index contributed by atoms with van der Waals surface area (Å²) in [4.78, 5) is 27.9. The first-order chi connectivity index (χ1) is 11.2. The van der Waals surface area contributed by atoms with Crippen LogP contribution in [0.4, 0.5) is 0 Å². The van der Waals surface area contributed by atoms with Crippen LogP contribution >= 0.6 is 0 Å². The molecule has 1 aromatic heterocycles. The Hall–Kier alpha value is -2.37. The largest absolute Gasteiger partial charge is 0.466 e. The maximum atomic E-state index is 12.1. The standard InChI is InChI=1S/C17H23N3O3/c1-3-15-19-13-8-5-6-9-14(13)20(15)12-16(21)18-11-7-10-17(22)23-4-2/h5-6,8-9H,3-4,7,10-12H2,1-2H3,(H,18,21). The van der Waals surface area contributed by atoms with Gasteiger partial charge in [0, 0.05) is 19.4 Å². The van der Waals surface area contributed by atoms with E-state index in [4.69, 9.17) is 4.74 Å². The molecule has 0 radical (unpaired) electrons. The van der Waals surface area contributed by atoms with Crippen LogP contribution < -0.4 is 5.32 Å². The van der Waals surface area contributed by atoms with E-state index in [2.05, 4.69) is 10.3 Å². The van der Waals surface area contributed by atoms with E-state index in [0.29, 0.717) is 26.0 Å². The number of para-hydroxylation sites is 2. The van der Waals surface area contributed by atoms with E-state index in [-0.39, 0.29) is 18.4 Å². The molecule has 1 aromatic carbocycles. The quantitative estimate of drug-likeness (QED) is 0.597. The highest BCUT2D eigenvalue weighted by Crippen LogP contribution is 2.16. The Labute approximate surface area is 135 Å². The average Bonchev–Trinajstić information content (AvgIpc) is 2.90. The average molecular weight is 317 g/mol. The second kappa shape index (κ2) is 8.31. The zero-order valence-electron chi connectivity index (χ0n) is 13.7. The van der Waals surface area contributed by atoms with Gasteiger partial charge in [-0.3, -0.25) is 9.59 Å². The number of carbonyl (C=O) groups is 2. The van der Waals surface area contributed by atoms with Crippen LogP contribution in [0.5, 0.6) is 0 Å². The van der Waals surface area contributed by atoms with Crippen molar-refractivity contribution in [3.05, 3.63) is 30.1 Å². The fraction of sp³-hybridized carbons (Fsp3) is 0.471. The lowest BCUT2D eigenvalue weighted by atomic mass is 10.3. The lowest BCUT2D eigenvalue weighted by molar-refractivity contribution is -0.143. The summed E-state index contributed by atoms with van der Waals surface area (Å²) in [7, 11) is 0. The number of hydrogen-bond donors (Lipinski definition) is 1. The Morgan fingerprint density at radius 1 is 1.26 bits per heavy atom. The van der Waals surface area contributed by atoms with Crippen LogP contribution in [-0.2, 0) is 27.3 Å². The first-order valence-electron chi connectivity index (χ1n) is 8.02. The molecule has 0 fully saturated rings. The number of amides is 1. The summed E-state index contributed by atoms with van der Waals surface area (Å²) >= 11 is 0. The summed E-state index contributed by atoms with van der Waals surface area (Å²) in [6, 6.07) is 7.80. The number of ether oxygens (including phenoxy) is 1. The number of fused-ring (bicyclic) bond motifs is 1. The predicted molar refractivity (Wildman–Crippen MR) is 88.0 cm³/mol. The highest BCUT2D eigenvalue weighted by Gasteiger charge is 2.12. The highest BCUT2D eigenvalue weighted by atomic mass is 16.5. The van der Waals surface area contributed by atoms with Crippen LogP contribution in [0.25, 0.3) is 11.0 Å². The van der Waals surface area contributed by atoms with Crippen LogP contribution in [0.1, 0.15) is 32.5 Å². The molecule has 0 aliphatic carbocycles. The third kappa shape index (κ3) is 4.55. The molecule has 6 nitrogen and oxygen atoms in total. The SMILES string of the molecule is CCOC(=O)CCCNC(=O)Cn1c(CC)nc2ccccc21. The van der Waals surface area contributed by atoms with Crippen molar-refractivity contribution in [3.8, 4) is 0 Å². The lowest BCUT2D eigenvalue weighted by Crippen LogP contribution is -2.29. The highest BCUT2D eigenvalue weighted by molar-refractivity contribution is 5.81. The Balaban J connectivity index is 1.89. The molecule has 0 bridgehead atoms. The second-order valence-corrected chi connectivity index (χ2v) is 5.21. The fourth-order valence-electron chi connectivity index (χ4n) is 2.46. The molecule has 23 heavy (non-hydrogen) atoms. The van der Waals surface area contributed by atoms with E-state index in [1.807, 2.05) is 35.8 Å². The van der Waals surface area contributed by atoms with Gasteiger partial charge < -0.3 is 14.6 Å². The van der Waals surface area contributed by atoms with E-state index in [9.17, 15) is 9.59 Å². The van der Waals surface area contributed by atoms with Gasteiger partial charge >= 0.3 is 5.97 Å². The predicted octanol–water partition coefficient (Wildman–Crippen LogP) is 2.06. The summed E-state index contributed by atoms with van der Waals surface area (Å²) < 4.78 is 6.79. The molecule has 6 heteroatoms. The van der Waals surface area contributed by atoms with Gasteiger partial charge in [-0.15, -0.1) is 0 Å². The second-order valence-electron chi connectivity index (χ2n) is 5.21. The van der Waals surface area contributed by atoms with Gasteiger partial charge in [-0.25, -0.2) is 4.98 Å². The minimum Gasteiger partial charge on any atom is -0.466 e. The number of nitrogens with one attached hydrogen (secondary N) is 1. The van der Waals surface area contributed by atoms with Gasteiger partial charge in [0.05, 0.1) is 17.6 Å². The van der Waals surface area contributed by atoms with Gasteiger partial charge in [-0.2, -0.15) is 0 Å². The summed E-state index contributed by atoms with van der Waals surface area (Å²) in [6.45, 7) is 4.89. The Bertz CT molecular complexity index is 679. The number of aryl methyl sites for hydroxylation is 1. The molecular weight excluding hydrogens is 294 g/mol. The first kappa shape index (κ1) is 17.0. The number of nitrogens with zero attached hydrogens (tertiary/aromatic N) is 2. The molecule has 2 aromatic rings. The summed E-state index contributed by atoms with van der Waals surface area (Å²) in [5.41, 5.74) is 1.87. The summed E-state index contributed by atoms with van der Waals surface area (Å²) in [6.07, 6.45) is 1.67. The van der Waals surface area contributed by atoms with Gasteiger partial charge in [0.25, 0.3) is 0 Å². The molecule has 2 rings (SSSR count). The zero-order valence-corrected chi connectivity index (χ0v) is 13.7. The molecule has 0 aliphatic rings. The number of aromatic nitrogens is 2. The number of rotatable bonds is 8. The lowest BCUT2D eigenvalue weighted by Gasteiger charge is -2.09. The number of benzene rings is 1. The molecule has 0 atom stereocenters. The molecule has 1 heterocycles. The number of esters is 1. The van der Waals surface area contributed by atoms with Crippen LogP contribution in [0.3, 0.4) is 0 Å². The van der Waals surface area contributed by atoms with Crippen molar-refractivity contribution in [2.24, 2.45) is 0 Å². The van der Waals surface area contributed by atoms with Crippen molar-refractivity contribution >= 4 is 22.9 Å². The fourth-order valence-corrected chi connectivity index (χ4v) is 2.46. The summed E-state index contributed by atoms with van der Waals surface area (Å²) in [5.74, 6) is 0.593. The molecular formula is C17H23N3O3. The van der Waals surface area contributed by atoms with Crippen LogP contribution in [0, 0.1) is 0 Å². The Kier molecular flexibility index (Phi) is 6.14. The topological polar surface area (TPSA) is 73.2 Å². The van der Waals surface area contributed by atoms with E-state index >= 15 is 0 Å². The normalized spacial score (nSPS) is 10.7. The van der Waals surface area contributed by atoms with Gasteiger partial charge in [0.15, 0.2) is 0 Å². The molecule has 124 valence electrons. The first-order valence-corrected chi connectivity index (χ1v) is 8.02. The van der Waals surface area contributed by atoms with Gasteiger partial charge in [0.1, 0.15) is 12.4 Å². The van der Waals surface area contributed by atoms with Crippen molar-refractivity contribution < 1.29 is 14.3 Å². The Morgan fingerprint density at radius 2 is 2.04 bits per heavy atom. The molecule has 0 saturated heterocycles. The molecule has 0 unspecified atom stereocenters.